The van der Waals surface area contributed by atoms with Gasteiger partial charge in [-0.15, -0.1) is 10.2 Å². The summed E-state index contributed by atoms with van der Waals surface area (Å²) < 4.78 is 11.6. The van der Waals surface area contributed by atoms with Crippen LogP contribution in [0.2, 0.25) is 0 Å². The zero-order valence-corrected chi connectivity index (χ0v) is 23.1. The number of carboxylic acid groups (broad SMARTS) is 1. The molecule has 1 unspecified atom stereocenters. The van der Waals surface area contributed by atoms with Crippen LogP contribution in [0.5, 0.6) is 5.75 Å². The number of carbonyl (C=O) groups is 1. The standard InChI is InChI=1S/C28H36N6O4/c1-17-8-10-23(11-9-17)34-31-20(4)24(32-34)15-33(16-25-30-29-21(5)37-25)14-22-12-18(2)26(19(3)13-22)38-28(6,7)27(35)36/h8-13,20,31H,14-16H2,1-7H3,(H,35,36). The average Bonchev–Trinajstić information content (AvgIpc) is 3.41. The molecule has 1 aromatic heterocycles. The first-order valence-electron chi connectivity index (χ1n) is 12.7. The molecule has 0 bridgehead atoms. The Morgan fingerprint density at radius 3 is 2.32 bits per heavy atom. The smallest absolute Gasteiger partial charge is 0.347 e. The highest BCUT2D eigenvalue weighted by Gasteiger charge is 2.31. The number of anilines is 1. The van der Waals surface area contributed by atoms with Crippen LogP contribution < -0.4 is 15.3 Å². The third kappa shape index (κ3) is 6.38. The van der Waals surface area contributed by atoms with Crippen molar-refractivity contribution < 1.29 is 19.1 Å². The highest BCUT2D eigenvalue weighted by molar-refractivity contribution is 5.93. The van der Waals surface area contributed by atoms with Crippen LogP contribution in [0, 0.1) is 27.7 Å². The number of hydrogen-bond donors (Lipinski definition) is 2. The molecular formula is C28H36N6O4. The summed E-state index contributed by atoms with van der Waals surface area (Å²) in [4.78, 5) is 13.8. The summed E-state index contributed by atoms with van der Waals surface area (Å²) in [5, 5.41) is 24.3. The quantitative estimate of drug-likeness (QED) is 0.403. The number of aryl methyl sites for hydroxylation is 4. The van der Waals surface area contributed by atoms with Crippen LogP contribution >= 0.6 is 0 Å². The molecule has 0 saturated carbocycles. The van der Waals surface area contributed by atoms with Gasteiger partial charge >= 0.3 is 5.97 Å². The Morgan fingerprint density at radius 2 is 1.74 bits per heavy atom. The van der Waals surface area contributed by atoms with E-state index in [0.717, 1.165) is 28.1 Å². The first-order valence-corrected chi connectivity index (χ1v) is 12.7. The molecule has 1 aliphatic rings. The number of nitrogens with one attached hydrogen (secondary N) is 1. The number of hydrazone groups is 1. The molecule has 2 heterocycles. The van der Waals surface area contributed by atoms with Crippen molar-refractivity contribution in [2.24, 2.45) is 5.10 Å². The van der Waals surface area contributed by atoms with E-state index in [1.165, 1.54) is 5.56 Å². The Bertz CT molecular complexity index is 1310. The molecule has 202 valence electrons. The molecule has 1 aliphatic heterocycles. The Balaban J connectivity index is 1.57. The van der Waals surface area contributed by atoms with Crippen molar-refractivity contribution in [2.75, 3.05) is 11.7 Å². The minimum Gasteiger partial charge on any atom is -0.478 e. The minimum atomic E-state index is -1.33. The van der Waals surface area contributed by atoms with Gasteiger partial charge in [-0.2, -0.15) is 10.2 Å². The van der Waals surface area contributed by atoms with Crippen molar-refractivity contribution in [3.8, 4) is 5.75 Å². The highest BCUT2D eigenvalue weighted by atomic mass is 16.5. The lowest BCUT2D eigenvalue weighted by Crippen LogP contribution is -2.39. The predicted octanol–water partition coefficient (Wildman–Crippen LogP) is 4.32. The summed E-state index contributed by atoms with van der Waals surface area (Å²) in [6.45, 7) is 14.5. The fraction of sp³-hybridized carbons (Fsp3) is 0.429. The van der Waals surface area contributed by atoms with Crippen molar-refractivity contribution in [3.63, 3.8) is 0 Å². The average molecular weight is 521 g/mol. The number of aliphatic carboxylic acids is 1. The molecule has 0 fully saturated rings. The molecule has 0 radical (unpaired) electrons. The molecule has 3 aromatic rings. The summed E-state index contributed by atoms with van der Waals surface area (Å²) in [5.41, 5.74) is 8.06. The van der Waals surface area contributed by atoms with Crippen LogP contribution in [0.4, 0.5) is 5.69 Å². The molecule has 0 amide bonds. The normalized spacial score (nSPS) is 15.7. The Labute approximate surface area is 223 Å². The van der Waals surface area contributed by atoms with E-state index in [1.54, 1.807) is 20.8 Å². The topological polar surface area (TPSA) is 116 Å². The van der Waals surface area contributed by atoms with E-state index in [0.29, 0.717) is 37.2 Å². The third-order valence-corrected chi connectivity index (χ3v) is 6.43. The number of hydrogen-bond acceptors (Lipinski definition) is 9. The number of carboxylic acids is 1. The largest absolute Gasteiger partial charge is 0.478 e. The fourth-order valence-corrected chi connectivity index (χ4v) is 4.33. The molecule has 1 atom stereocenters. The Kier molecular flexibility index (Phi) is 7.84. The molecule has 38 heavy (non-hydrogen) atoms. The van der Waals surface area contributed by atoms with Gasteiger partial charge in [-0.25, -0.2) is 10.2 Å². The SMILES string of the molecule is Cc1ccc(N2N=C(CN(Cc3cc(C)c(OC(C)(C)C(=O)O)c(C)c3)Cc3nnc(C)o3)C(C)N2)cc1. The van der Waals surface area contributed by atoms with E-state index < -0.39 is 11.6 Å². The second-order valence-corrected chi connectivity index (χ2v) is 10.4. The monoisotopic (exact) mass is 520 g/mol. The van der Waals surface area contributed by atoms with E-state index in [1.807, 2.05) is 43.2 Å². The van der Waals surface area contributed by atoms with Crippen molar-refractivity contribution in [1.82, 2.24) is 20.5 Å². The van der Waals surface area contributed by atoms with Crippen LogP contribution in [0.1, 0.15) is 54.8 Å². The molecular weight excluding hydrogens is 484 g/mol. The predicted molar refractivity (Wildman–Crippen MR) is 145 cm³/mol. The van der Waals surface area contributed by atoms with Gasteiger partial charge in [0.25, 0.3) is 0 Å². The van der Waals surface area contributed by atoms with Gasteiger partial charge in [0.1, 0.15) is 5.75 Å². The summed E-state index contributed by atoms with van der Waals surface area (Å²) in [6.07, 6.45) is 0. The first kappa shape index (κ1) is 27.3. The number of aromatic nitrogens is 2. The lowest BCUT2D eigenvalue weighted by atomic mass is 10.0. The lowest BCUT2D eigenvalue weighted by molar-refractivity contribution is -0.152. The van der Waals surface area contributed by atoms with Gasteiger partial charge in [0.2, 0.25) is 11.8 Å². The van der Waals surface area contributed by atoms with Crippen molar-refractivity contribution >= 4 is 17.4 Å². The van der Waals surface area contributed by atoms with Gasteiger partial charge in [-0.05, 0) is 70.4 Å². The van der Waals surface area contributed by atoms with Crippen LogP contribution in [-0.2, 0) is 17.9 Å². The molecule has 0 saturated heterocycles. The molecule has 2 aromatic carbocycles. The van der Waals surface area contributed by atoms with E-state index in [4.69, 9.17) is 14.3 Å². The number of hydrazine groups is 1. The molecule has 0 spiro atoms. The number of nitrogens with zero attached hydrogens (tertiary/aromatic N) is 5. The van der Waals surface area contributed by atoms with Crippen LogP contribution in [-0.4, -0.2) is 50.1 Å². The maximum Gasteiger partial charge on any atom is 0.347 e. The summed E-state index contributed by atoms with van der Waals surface area (Å²) in [7, 11) is 0. The van der Waals surface area contributed by atoms with Crippen LogP contribution in [0.3, 0.4) is 0 Å². The fourth-order valence-electron chi connectivity index (χ4n) is 4.33. The zero-order valence-electron chi connectivity index (χ0n) is 23.1. The van der Waals surface area contributed by atoms with Crippen molar-refractivity contribution in [2.45, 2.75) is 73.2 Å². The highest BCUT2D eigenvalue weighted by Crippen LogP contribution is 2.29. The maximum atomic E-state index is 11.6. The lowest BCUT2D eigenvalue weighted by Gasteiger charge is -2.26. The van der Waals surface area contributed by atoms with Gasteiger partial charge in [0, 0.05) is 20.0 Å². The van der Waals surface area contributed by atoms with E-state index in [-0.39, 0.29) is 6.04 Å². The zero-order chi connectivity index (χ0) is 27.6. The van der Waals surface area contributed by atoms with E-state index >= 15 is 0 Å². The number of rotatable bonds is 10. The summed E-state index contributed by atoms with van der Waals surface area (Å²) >= 11 is 0. The molecule has 10 nitrogen and oxygen atoms in total. The van der Waals surface area contributed by atoms with Gasteiger partial charge in [-0.1, -0.05) is 29.8 Å². The molecule has 10 heteroatoms. The van der Waals surface area contributed by atoms with Crippen LogP contribution in [0.25, 0.3) is 0 Å². The van der Waals surface area contributed by atoms with Gasteiger partial charge in [-0.3, -0.25) is 4.90 Å². The van der Waals surface area contributed by atoms with Crippen molar-refractivity contribution in [3.05, 3.63) is 70.4 Å². The first-order chi connectivity index (χ1) is 17.9. The Hall–Kier alpha value is -3.76. The Morgan fingerprint density at radius 1 is 1.08 bits per heavy atom. The number of ether oxygens (including phenoxy) is 1. The van der Waals surface area contributed by atoms with Crippen molar-refractivity contribution in [1.29, 1.82) is 0 Å². The van der Waals surface area contributed by atoms with E-state index in [9.17, 15) is 9.90 Å². The minimum absolute atomic E-state index is 0.0423. The molecule has 2 N–H and O–H groups in total. The third-order valence-electron chi connectivity index (χ3n) is 6.43. The molecule has 4 rings (SSSR count). The summed E-state index contributed by atoms with van der Waals surface area (Å²) in [6, 6.07) is 12.3. The van der Waals surface area contributed by atoms with Gasteiger partial charge in [0.05, 0.1) is 24.0 Å². The second kappa shape index (κ2) is 10.9. The van der Waals surface area contributed by atoms with Gasteiger partial charge in [0.15, 0.2) is 5.60 Å². The summed E-state index contributed by atoms with van der Waals surface area (Å²) in [5.74, 6) is 0.634. The second-order valence-electron chi connectivity index (χ2n) is 10.4. The molecule has 0 aliphatic carbocycles. The number of benzene rings is 2. The van der Waals surface area contributed by atoms with Crippen LogP contribution in [0.15, 0.2) is 45.9 Å². The maximum absolute atomic E-state index is 11.6. The van der Waals surface area contributed by atoms with Gasteiger partial charge < -0.3 is 14.3 Å². The van der Waals surface area contributed by atoms with E-state index in [2.05, 4.69) is 46.5 Å².